The molecule has 3 atom stereocenters. The number of rotatable bonds is 9. The number of nitrogens with one attached hydrogen (secondary N) is 2. The van der Waals surface area contributed by atoms with Gasteiger partial charge in [0.2, 0.25) is 11.8 Å². The van der Waals surface area contributed by atoms with Gasteiger partial charge in [-0.25, -0.2) is 15.0 Å². The molecule has 1 aliphatic rings. The largest absolute Gasteiger partial charge is 0.471 e. The number of Topliss-reactive ketones (excluding diaryl/α,β-unsaturated/α-hetero) is 1. The standard InChI is InChI=1S/C33H32BrF3N8O4/c1-6-24-21(12-40-32(49)33(35,36)37)11-25(31(48)42-30-16(2)7-8-26(34)41-30)45(24)27(47)15-44-29-17(3)9-20(22-13-38-19(5)39-14-22)10-23(29)28(43-44)18(4)46/h6-10,13-14,21,24-25H,1,11-12,15H2,2-5H3,(H,40,49)(H,41,42,48)/t21-,24-,25+/m1/s1. The molecule has 4 aromatic rings. The van der Waals surface area contributed by atoms with Crippen molar-refractivity contribution in [1.82, 2.24) is 34.9 Å². The van der Waals surface area contributed by atoms with Crippen molar-refractivity contribution in [3.05, 3.63) is 76.6 Å². The molecule has 1 fully saturated rings. The molecule has 1 aliphatic heterocycles. The average molecular weight is 742 g/mol. The van der Waals surface area contributed by atoms with Crippen LogP contribution in [0.25, 0.3) is 22.0 Å². The molecule has 0 spiro atoms. The van der Waals surface area contributed by atoms with Gasteiger partial charge >= 0.3 is 12.1 Å². The highest BCUT2D eigenvalue weighted by Gasteiger charge is 2.47. The number of hydrogen-bond donors (Lipinski definition) is 2. The number of benzene rings is 1. The number of aromatic nitrogens is 5. The number of fused-ring (bicyclic) bond motifs is 1. The van der Waals surface area contributed by atoms with Crippen LogP contribution < -0.4 is 10.6 Å². The van der Waals surface area contributed by atoms with Crippen LogP contribution in [0.2, 0.25) is 0 Å². The molecule has 0 saturated carbocycles. The molecular weight excluding hydrogens is 709 g/mol. The van der Waals surface area contributed by atoms with Crippen molar-refractivity contribution in [3.63, 3.8) is 0 Å². The predicted octanol–water partition coefficient (Wildman–Crippen LogP) is 4.87. The number of amides is 3. The Balaban J connectivity index is 1.51. The molecule has 1 aromatic carbocycles. The fraction of sp³-hybridized carbons (Fsp3) is 0.333. The molecule has 0 aliphatic carbocycles. The molecule has 3 aromatic heterocycles. The number of hydrogen-bond acceptors (Lipinski definition) is 8. The summed E-state index contributed by atoms with van der Waals surface area (Å²) in [6, 6.07) is 4.93. The van der Waals surface area contributed by atoms with E-state index in [1.807, 2.05) is 11.4 Å². The van der Waals surface area contributed by atoms with Crippen LogP contribution in [0.4, 0.5) is 19.0 Å². The van der Waals surface area contributed by atoms with Gasteiger partial charge in [0.25, 0.3) is 0 Å². The normalized spacial score (nSPS) is 17.6. The lowest BCUT2D eigenvalue weighted by molar-refractivity contribution is -0.173. The molecule has 0 unspecified atom stereocenters. The Morgan fingerprint density at radius 3 is 2.39 bits per heavy atom. The quantitative estimate of drug-likeness (QED) is 0.140. The fourth-order valence-electron chi connectivity index (χ4n) is 6.03. The maximum atomic E-state index is 14.2. The molecule has 3 amide bonds. The van der Waals surface area contributed by atoms with Gasteiger partial charge in [-0.2, -0.15) is 18.3 Å². The lowest BCUT2D eigenvalue weighted by Crippen LogP contribution is -2.48. The average Bonchev–Trinajstić information content (AvgIpc) is 3.60. The Labute approximate surface area is 287 Å². The van der Waals surface area contributed by atoms with Gasteiger partial charge in [0.15, 0.2) is 5.78 Å². The van der Waals surface area contributed by atoms with E-state index in [9.17, 15) is 32.3 Å². The van der Waals surface area contributed by atoms with E-state index in [-0.39, 0.29) is 23.7 Å². The van der Waals surface area contributed by atoms with Crippen LogP contribution >= 0.6 is 15.9 Å². The number of alkyl halides is 3. The number of likely N-dealkylation sites (tertiary alicyclic amines) is 1. The van der Waals surface area contributed by atoms with Gasteiger partial charge in [0.05, 0.1) is 11.6 Å². The molecular formula is C33H32BrF3N8O4. The monoisotopic (exact) mass is 740 g/mol. The Morgan fingerprint density at radius 2 is 1.76 bits per heavy atom. The Hall–Kier alpha value is -4.99. The zero-order chi connectivity index (χ0) is 35.8. The number of halogens is 4. The first-order valence-electron chi connectivity index (χ1n) is 15.1. The third kappa shape index (κ3) is 7.38. The van der Waals surface area contributed by atoms with E-state index in [1.54, 1.807) is 51.4 Å². The summed E-state index contributed by atoms with van der Waals surface area (Å²) in [6.45, 7) is 9.55. The first kappa shape index (κ1) is 35.3. The minimum atomic E-state index is -5.11. The van der Waals surface area contributed by atoms with Crippen LogP contribution in [0.5, 0.6) is 0 Å². The van der Waals surface area contributed by atoms with Crippen LogP contribution in [-0.4, -0.2) is 77.9 Å². The molecule has 16 heteroatoms. The Morgan fingerprint density at radius 1 is 1.06 bits per heavy atom. The zero-order valence-electron chi connectivity index (χ0n) is 26.9. The van der Waals surface area contributed by atoms with Crippen molar-refractivity contribution >= 4 is 56.2 Å². The van der Waals surface area contributed by atoms with Gasteiger partial charge < -0.3 is 15.5 Å². The molecule has 2 N–H and O–H groups in total. The second kappa shape index (κ2) is 13.9. The molecule has 1 saturated heterocycles. The van der Waals surface area contributed by atoms with Gasteiger partial charge in [-0.05, 0) is 78.0 Å². The number of nitrogens with zero attached hydrogens (tertiary/aromatic N) is 6. The van der Waals surface area contributed by atoms with Crippen LogP contribution in [0, 0.1) is 26.7 Å². The summed E-state index contributed by atoms with van der Waals surface area (Å²) in [4.78, 5) is 66.4. The van der Waals surface area contributed by atoms with Gasteiger partial charge in [-0.1, -0.05) is 12.1 Å². The molecule has 0 radical (unpaired) electrons. The van der Waals surface area contributed by atoms with E-state index in [2.05, 4.69) is 47.9 Å². The second-order valence-electron chi connectivity index (χ2n) is 11.8. The van der Waals surface area contributed by atoms with Gasteiger partial charge in [0.1, 0.15) is 34.5 Å². The van der Waals surface area contributed by atoms with E-state index in [0.717, 1.165) is 5.56 Å². The maximum absolute atomic E-state index is 14.2. The Bertz CT molecular complexity index is 1980. The van der Waals surface area contributed by atoms with E-state index >= 15 is 0 Å². The lowest BCUT2D eigenvalue weighted by Gasteiger charge is -2.29. The highest BCUT2D eigenvalue weighted by Crippen LogP contribution is 2.34. The van der Waals surface area contributed by atoms with Crippen LogP contribution in [0.15, 0.2) is 53.9 Å². The minimum absolute atomic E-state index is 0.0843. The zero-order valence-corrected chi connectivity index (χ0v) is 28.5. The number of aryl methyl sites for hydroxylation is 3. The predicted molar refractivity (Wildman–Crippen MR) is 177 cm³/mol. The summed E-state index contributed by atoms with van der Waals surface area (Å²) >= 11 is 3.27. The van der Waals surface area contributed by atoms with Crippen LogP contribution in [-0.2, 0) is 20.9 Å². The number of carbonyl (C=O) groups excluding carboxylic acids is 4. The molecule has 49 heavy (non-hydrogen) atoms. The number of anilines is 1. The lowest BCUT2D eigenvalue weighted by atomic mass is 9.98. The number of ketones is 1. The van der Waals surface area contributed by atoms with Crippen molar-refractivity contribution in [2.45, 2.75) is 58.9 Å². The third-order valence-electron chi connectivity index (χ3n) is 8.35. The molecule has 256 valence electrons. The van der Waals surface area contributed by atoms with Gasteiger partial charge in [-0.3, -0.25) is 23.9 Å². The molecule has 0 bridgehead atoms. The summed E-state index contributed by atoms with van der Waals surface area (Å²) in [5.41, 5.74) is 3.41. The van der Waals surface area contributed by atoms with Crippen molar-refractivity contribution in [2.24, 2.45) is 5.92 Å². The Kier molecular flexibility index (Phi) is 9.99. The van der Waals surface area contributed by atoms with Crippen molar-refractivity contribution in [3.8, 4) is 11.1 Å². The van der Waals surface area contributed by atoms with E-state index in [0.29, 0.717) is 38.0 Å². The summed E-state index contributed by atoms with van der Waals surface area (Å²) < 4.78 is 40.9. The molecule has 4 heterocycles. The highest BCUT2D eigenvalue weighted by molar-refractivity contribution is 9.10. The number of pyridine rings is 1. The van der Waals surface area contributed by atoms with E-state index in [1.165, 1.54) is 22.6 Å². The van der Waals surface area contributed by atoms with Crippen molar-refractivity contribution in [2.75, 3.05) is 11.9 Å². The fourth-order valence-corrected chi connectivity index (χ4v) is 6.34. The van der Waals surface area contributed by atoms with Crippen molar-refractivity contribution < 1.29 is 32.3 Å². The third-order valence-corrected chi connectivity index (χ3v) is 8.79. The van der Waals surface area contributed by atoms with Crippen LogP contribution in [0.1, 0.15) is 40.8 Å². The van der Waals surface area contributed by atoms with Gasteiger partial charge in [0, 0.05) is 42.7 Å². The van der Waals surface area contributed by atoms with Crippen LogP contribution in [0.3, 0.4) is 0 Å². The second-order valence-corrected chi connectivity index (χ2v) is 12.6. The summed E-state index contributed by atoms with van der Waals surface area (Å²) in [5.74, 6) is -3.68. The first-order valence-corrected chi connectivity index (χ1v) is 15.9. The van der Waals surface area contributed by atoms with Crippen molar-refractivity contribution in [1.29, 1.82) is 0 Å². The SMILES string of the molecule is C=C[C@@H]1[C@@H](CNC(=O)C(F)(F)F)C[C@@H](C(=O)Nc2nc(Br)ccc2C)N1C(=O)Cn1nc(C(C)=O)c2cc(-c3cnc(C)nc3)cc(C)c21. The topological polar surface area (TPSA) is 152 Å². The minimum Gasteiger partial charge on any atom is -0.348 e. The summed E-state index contributed by atoms with van der Waals surface area (Å²) in [5, 5.41) is 9.58. The first-order chi connectivity index (χ1) is 23.1. The molecule has 12 nitrogen and oxygen atoms in total. The smallest absolute Gasteiger partial charge is 0.348 e. The summed E-state index contributed by atoms with van der Waals surface area (Å²) in [7, 11) is 0. The summed E-state index contributed by atoms with van der Waals surface area (Å²) in [6.07, 6.45) is -0.507. The highest BCUT2D eigenvalue weighted by atomic mass is 79.9. The van der Waals surface area contributed by atoms with Gasteiger partial charge in [-0.15, -0.1) is 6.58 Å². The van der Waals surface area contributed by atoms with E-state index < -0.39 is 55.0 Å². The number of carbonyl (C=O) groups is 4. The molecule has 5 rings (SSSR count). The van der Waals surface area contributed by atoms with E-state index in [4.69, 9.17) is 0 Å². The maximum Gasteiger partial charge on any atom is 0.471 e.